The number of para-hydroxylation sites is 1. The summed E-state index contributed by atoms with van der Waals surface area (Å²) in [6.45, 7) is 2.56. The standard InChI is InChI=1S/C23H20ClN3O3/c1-12-8-9-13(24)11-17(12)27-20(28)18-16-7-4-10-26(16)23(19(18)21(27)29)14-5-2-3-6-15(14)25-22(23)30/h2-3,5-6,8-9,11,16,18-19H,4,7,10H2,1H3,(H,25,30)/t16-,18+,19+,23-/m0/s1. The lowest BCUT2D eigenvalue weighted by molar-refractivity contribution is -0.135. The Morgan fingerprint density at radius 3 is 2.73 bits per heavy atom. The van der Waals surface area contributed by atoms with Crippen molar-refractivity contribution in [1.29, 1.82) is 0 Å². The normalized spacial score (nSPS) is 32.0. The molecule has 1 spiro atoms. The lowest BCUT2D eigenvalue weighted by atomic mass is 9.75. The maximum atomic E-state index is 13.9. The van der Waals surface area contributed by atoms with Crippen molar-refractivity contribution in [2.45, 2.75) is 31.3 Å². The highest BCUT2D eigenvalue weighted by molar-refractivity contribution is 6.32. The average Bonchev–Trinajstić information content (AvgIpc) is 3.42. The van der Waals surface area contributed by atoms with Gasteiger partial charge in [0.15, 0.2) is 0 Å². The van der Waals surface area contributed by atoms with Crippen molar-refractivity contribution in [2.24, 2.45) is 11.8 Å². The SMILES string of the molecule is Cc1ccc(Cl)cc1N1C(=O)[C@@H]2[C@@H]3CCCN3[C@]3(C(=O)Nc4ccccc43)[C@H]2C1=O. The van der Waals surface area contributed by atoms with Gasteiger partial charge in [0.1, 0.15) is 5.54 Å². The maximum absolute atomic E-state index is 13.9. The first-order valence-electron chi connectivity index (χ1n) is 10.3. The number of aryl methyl sites for hydroxylation is 1. The van der Waals surface area contributed by atoms with Gasteiger partial charge in [0.25, 0.3) is 0 Å². The summed E-state index contributed by atoms with van der Waals surface area (Å²) in [5, 5.41) is 3.45. The largest absolute Gasteiger partial charge is 0.324 e. The fourth-order valence-corrected chi connectivity index (χ4v) is 6.39. The van der Waals surface area contributed by atoms with Gasteiger partial charge in [-0.1, -0.05) is 35.9 Å². The number of carbonyl (C=O) groups is 3. The Bertz CT molecular complexity index is 1150. The molecule has 0 aliphatic carbocycles. The number of anilines is 2. The van der Waals surface area contributed by atoms with Gasteiger partial charge in [0, 0.05) is 22.3 Å². The summed E-state index contributed by atoms with van der Waals surface area (Å²) in [6.07, 6.45) is 1.71. The van der Waals surface area contributed by atoms with Crippen LogP contribution >= 0.6 is 11.6 Å². The molecule has 4 heterocycles. The van der Waals surface area contributed by atoms with E-state index in [1.807, 2.05) is 37.3 Å². The van der Waals surface area contributed by atoms with Crippen LogP contribution in [0.5, 0.6) is 0 Å². The van der Waals surface area contributed by atoms with Crippen molar-refractivity contribution in [3.05, 3.63) is 58.6 Å². The summed E-state index contributed by atoms with van der Waals surface area (Å²) in [6, 6.07) is 12.6. The van der Waals surface area contributed by atoms with Crippen molar-refractivity contribution < 1.29 is 14.4 Å². The summed E-state index contributed by atoms with van der Waals surface area (Å²) in [4.78, 5) is 44.4. The molecular formula is C23H20ClN3O3. The Kier molecular flexibility index (Phi) is 3.58. The van der Waals surface area contributed by atoms with Crippen LogP contribution in [-0.2, 0) is 19.9 Å². The highest BCUT2D eigenvalue weighted by Crippen LogP contribution is 2.60. The Morgan fingerprint density at radius 1 is 1.10 bits per heavy atom. The highest BCUT2D eigenvalue weighted by Gasteiger charge is 2.74. The van der Waals surface area contributed by atoms with Gasteiger partial charge in [0.2, 0.25) is 17.7 Å². The number of nitrogens with zero attached hydrogens (tertiary/aromatic N) is 2. The summed E-state index contributed by atoms with van der Waals surface area (Å²) >= 11 is 6.19. The van der Waals surface area contributed by atoms with E-state index in [1.165, 1.54) is 4.90 Å². The van der Waals surface area contributed by atoms with Gasteiger partial charge in [-0.05, 0) is 50.1 Å². The topological polar surface area (TPSA) is 69.7 Å². The summed E-state index contributed by atoms with van der Waals surface area (Å²) in [5.74, 6) is -2.00. The molecule has 152 valence electrons. The van der Waals surface area contributed by atoms with E-state index < -0.39 is 17.4 Å². The van der Waals surface area contributed by atoms with Crippen LogP contribution in [0.1, 0.15) is 24.0 Å². The Labute approximate surface area is 178 Å². The molecule has 6 nitrogen and oxygen atoms in total. The number of halogens is 1. The molecule has 6 rings (SSSR count). The highest BCUT2D eigenvalue weighted by atomic mass is 35.5. The van der Waals surface area contributed by atoms with Crippen LogP contribution in [0, 0.1) is 18.8 Å². The number of benzene rings is 2. The number of rotatable bonds is 1. The number of carbonyl (C=O) groups excluding carboxylic acids is 3. The second kappa shape index (κ2) is 5.93. The van der Waals surface area contributed by atoms with Crippen LogP contribution < -0.4 is 10.2 Å². The third-order valence-corrected chi connectivity index (χ3v) is 7.55. The molecule has 4 aliphatic heterocycles. The summed E-state index contributed by atoms with van der Waals surface area (Å²) in [5.41, 5.74) is 1.72. The predicted octanol–water partition coefficient (Wildman–Crippen LogP) is 3.08. The number of imide groups is 1. The molecule has 3 fully saturated rings. The molecule has 0 unspecified atom stereocenters. The van der Waals surface area contributed by atoms with E-state index >= 15 is 0 Å². The summed E-state index contributed by atoms with van der Waals surface area (Å²) < 4.78 is 0. The molecular weight excluding hydrogens is 402 g/mol. The Morgan fingerprint density at radius 2 is 1.90 bits per heavy atom. The summed E-state index contributed by atoms with van der Waals surface area (Å²) in [7, 11) is 0. The zero-order valence-electron chi connectivity index (χ0n) is 16.4. The van der Waals surface area contributed by atoms with Crippen LogP contribution in [0.25, 0.3) is 0 Å². The molecule has 0 bridgehead atoms. The van der Waals surface area contributed by atoms with Gasteiger partial charge in [-0.25, -0.2) is 4.90 Å². The van der Waals surface area contributed by atoms with Crippen LogP contribution in [0.3, 0.4) is 0 Å². The predicted molar refractivity (Wildman–Crippen MR) is 112 cm³/mol. The first kappa shape index (κ1) is 18.1. The molecule has 2 aromatic carbocycles. The Balaban J connectivity index is 1.57. The zero-order chi connectivity index (χ0) is 20.8. The minimum absolute atomic E-state index is 0.118. The van der Waals surface area contributed by atoms with Crippen LogP contribution in [-0.4, -0.2) is 35.2 Å². The Hall–Kier alpha value is -2.70. The molecule has 0 aromatic heterocycles. The van der Waals surface area contributed by atoms with E-state index in [2.05, 4.69) is 10.2 Å². The van der Waals surface area contributed by atoms with Crippen molar-refractivity contribution >= 4 is 40.7 Å². The quantitative estimate of drug-likeness (QED) is 0.718. The van der Waals surface area contributed by atoms with Gasteiger partial charge in [-0.3, -0.25) is 19.3 Å². The fraction of sp³-hybridized carbons (Fsp3) is 0.348. The minimum atomic E-state index is -1.13. The first-order chi connectivity index (χ1) is 14.5. The maximum Gasteiger partial charge on any atom is 0.250 e. The van der Waals surface area contributed by atoms with Gasteiger partial charge < -0.3 is 5.32 Å². The molecule has 4 aliphatic rings. The van der Waals surface area contributed by atoms with Crippen molar-refractivity contribution in [3.63, 3.8) is 0 Å². The molecule has 0 radical (unpaired) electrons. The van der Waals surface area contributed by atoms with Gasteiger partial charge >= 0.3 is 0 Å². The van der Waals surface area contributed by atoms with Crippen LogP contribution in [0.2, 0.25) is 5.02 Å². The van der Waals surface area contributed by atoms with E-state index in [-0.39, 0.29) is 23.8 Å². The molecule has 4 atom stereocenters. The van der Waals surface area contributed by atoms with Crippen LogP contribution in [0.4, 0.5) is 11.4 Å². The molecule has 7 heteroatoms. The lowest BCUT2D eigenvalue weighted by Crippen LogP contribution is -2.54. The third kappa shape index (κ3) is 1.96. The smallest absolute Gasteiger partial charge is 0.250 e. The van der Waals surface area contributed by atoms with E-state index in [9.17, 15) is 14.4 Å². The number of hydrogen-bond donors (Lipinski definition) is 1. The van der Waals surface area contributed by atoms with Crippen LogP contribution in [0.15, 0.2) is 42.5 Å². The number of hydrogen-bond acceptors (Lipinski definition) is 4. The molecule has 0 saturated carbocycles. The van der Waals surface area contributed by atoms with E-state index in [4.69, 9.17) is 11.6 Å². The van der Waals surface area contributed by atoms with Crippen molar-refractivity contribution in [2.75, 3.05) is 16.8 Å². The third-order valence-electron chi connectivity index (χ3n) is 7.31. The van der Waals surface area contributed by atoms with Gasteiger partial charge in [-0.15, -0.1) is 0 Å². The number of amides is 3. The minimum Gasteiger partial charge on any atom is -0.324 e. The van der Waals surface area contributed by atoms with Crippen molar-refractivity contribution in [1.82, 2.24) is 4.90 Å². The monoisotopic (exact) mass is 421 g/mol. The molecule has 30 heavy (non-hydrogen) atoms. The van der Waals surface area contributed by atoms with E-state index in [0.29, 0.717) is 17.3 Å². The second-order valence-electron chi connectivity index (χ2n) is 8.62. The van der Waals surface area contributed by atoms with E-state index in [1.54, 1.807) is 12.1 Å². The molecule has 2 aromatic rings. The molecule has 3 saturated heterocycles. The zero-order valence-corrected chi connectivity index (χ0v) is 17.1. The fourth-order valence-electron chi connectivity index (χ4n) is 6.22. The first-order valence-corrected chi connectivity index (χ1v) is 10.7. The van der Waals surface area contributed by atoms with E-state index in [0.717, 1.165) is 29.7 Å². The second-order valence-corrected chi connectivity index (χ2v) is 9.05. The lowest BCUT2D eigenvalue weighted by Gasteiger charge is -2.36. The van der Waals surface area contributed by atoms with Gasteiger partial charge in [-0.2, -0.15) is 0 Å². The number of fused-ring (bicyclic) bond motifs is 7. The number of nitrogens with one attached hydrogen (secondary N) is 1. The van der Waals surface area contributed by atoms with Gasteiger partial charge in [0.05, 0.1) is 17.5 Å². The average molecular weight is 422 g/mol. The van der Waals surface area contributed by atoms with Crippen molar-refractivity contribution in [3.8, 4) is 0 Å². The molecule has 3 amide bonds. The molecule has 1 N–H and O–H groups in total.